The van der Waals surface area contributed by atoms with Crippen LogP contribution in [0, 0.1) is 5.92 Å². The quantitative estimate of drug-likeness (QED) is 0.0551. The summed E-state index contributed by atoms with van der Waals surface area (Å²) in [6.45, 7) is 7.04. The van der Waals surface area contributed by atoms with Crippen LogP contribution >= 0.6 is 0 Å². The maximum absolute atomic E-state index is 14.4. The molecule has 5 unspecified atom stereocenters. The minimum Gasteiger partial charge on any atom is -0.483 e. The van der Waals surface area contributed by atoms with Gasteiger partial charge in [0.1, 0.15) is 23.7 Å². The van der Waals surface area contributed by atoms with Crippen molar-refractivity contribution in [1.29, 1.82) is 0 Å². The molecule has 0 fully saturated rings. The fourth-order valence-corrected chi connectivity index (χ4v) is 8.02. The normalized spacial score (nSPS) is 24.0. The molecule has 9 nitrogen and oxygen atoms in total. The van der Waals surface area contributed by atoms with Crippen molar-refractivity contribution in [3.8, 4) is 5.75 Å². The summed E-state index contributed by atoms with van der Waals surface area (Å²) < 4.78 is 30.4. The van der Waals surface area contributed by atoms with Crippen LogP contribution in [0.15, 0.2) is 105 Å². The third-order valence-corrected chi connectivity index (χ3v) is 10.8. The van der Waals surface area contributed by atoms with Crippen LogP contribution in [0.4, 0.5) is 0 Å². The number of esters is 2. The standard InChI is InChI=1S/C44H46O9/c1-26(2)34-17-12-27-10-13-29(14-11-27)35-18-15-30(28-8-6-5-7-9-28)22-33(35)24-37(46)50-40-38-36(53-44(3,4)41(40)52-43(34)48)19-16-31-23-32(20-21-49-25-45)42(47)51-39(31)38/h5-11,13-16,18-19,23,30,33,35,40-41,45H,12,17,20-22,24-25H2,1-4H3. The summed E-state index contributed by atoms with van der Waals surface area (Å²) in [6, 6.07) is 24.0. The number of carbonyl (C=O) groups excluding carboxylic acids is 2. The third-order valence-electron chi connectivity index (χ3n) is 10.8. The first-order valence-electron chi connectivity index (χ1n) is 18.4. The number of aliphatic hydroxyl groups is 1. The fraction of sp³-hybridized carbons (Fsp3) is 0.386. The van der Waals surface area contributed by atoms with Crippen molar-refractivity contribution in [3.05, 3.63) is 134 Å². The highest BCUT2D eigenvalue weighted by molar-refractivity contribution is 5.90. The molecule has 0 saturated heterocycles. The van der Waals surface area contributed by atoms with Gasteiger partial charge in [-0.25, -0.2) is 9.59 Å². The van der Waals surface area contributed by atoms with Gasteiger partial charge in [0.05, 0.1) is 12.2 Å². The first kappa shape index (κ1) is 36.4. The molecule has 5 atom stereocenters. The second-order valence-electron chi connectivity index (χ2n) is 15.0. The number of aliphatic hydroxyl groups excluding tert-OH is 1. The Labute approximate surface area is 309 Å². The number of hydrogen-bond acceptors (Lipinski definition) is 9. The lowest BCUT2D eigenvalue weighted by molar-refractivity contribution is -0.188. The van der Waals surface area contributed by atoms with Crippen molar-refractivity contribution < 1.29 is 38.1 Å². The molecule has 3 aliphatic heterocycles. The zero-order valence-corrected chi connectivity index (χ0v) is 30.6. The molecule has 0 amide bonds. The van der Waals surface area contributed by atoms with Crippen LogP contribution in [0.2, 0.25) is 0 Å². The lowest BCUT2D eigenvalue weighted by Gasteiger charge is -2.43. The molecule has 9 heteroatoms. The summed E-state index contributed by atoms with van der Waals surface area (Å²) in [5.74, 6) is -0.584. The molecule has 8 rings (SSSR count). The topological polar surface area (TPSA) is 122 Å². The Morgan fingerprint density at radius 3 is 2.42 bits per heavy atom. The number of fused-ring (bicyclic) bond motifs is 11. The summed E-state index contributed by atoms with van der Waals surface area (Å²) in [5.41, 5.74) is 3.93. The molecule has 0 saturated carbocycles. The minimum atomic E-state index is -1.15. The van der Waals surface area contributed by atoms with Crippen molar-refractivity contribution in [2.45, 2.75) is 89.4 Å². The number of aryl methyl sites for hydroxylation is 1. The second kappa shape index (κ2) is 15.2. The van der Waals surface area contributed by atoms with E-state index >= 15 is 0 Å². The predicted molar refractivity (Wildman–Crippen MR) is 200 cm³/mol. The molecular formula is C44H46O9. The fourth-order valence-electron chi connectivity index (χ4n) is 8.02. The first-order chi connectivity index (χ1) is 25.5. The van der Waals surface area contributed by atoms with E-state index < -0.39 is 42.2 Å². The van der Waals surface area contributed by atoms with Gasteiger partial charge in [0.2, 0.25) is 0 Å². The van der Waals surface area contributed by atoms with Crippen LogP contribution in [0.1, 0.15) is 92.7 Å². The molecule has 4 heterocycles. The van der Waals surface area contributed by atoms with E-state index in [1.165, 1.54) is 5.56 Å². The number of carbonyl (C=O) groups is 2. The molecular weight excluding hydrogens is 672 g/mol. The van der Waals surface area contributed by atoms with Gasteiger partial charge in [0, 0.05) is 41.2 Å². The lowest BCUT2D eigenvalue weighted by atomic mass is 9.72. The molecule has 4 aliphatic rings. The molecule has 1 aliphatic carbocycles. The van der Waals surface area contributed by atoms with E-state index in [1.54, 1.807) is 32.0 Å². The number of ether oxygens (including phenoxy) is 4. The van der Waals surface area contributed by atoms with E-state index in [-0.39, 0.29) is 42.8 Å². The first-order valence-corrected chi connectivity index (χ1v) is 18.4. The van der Waals surface area contributed by atoms with Crippen molar-refractivity contribution in [2.24, 2.45) is 5.92 Å². The molecule has 2 bridgehead atoms. The van der Waals surface area contributed by atoms with Gasteiger partial charge in [0.25, 0.3) is 0 Å². The zero-order chi connectivity index (χ0) is 37.3. The van der Waals surface area contributed by atoms with E-state index in [9.17, 15) is 14.4 Å². The minimum absolute atomic E-state index is 0.0167. The highest BCUT2D eigenvalue weighted by atomic mass is 16.6. The smallest absolute Gasteiger partial charge is 0.339 e. The highest BCUT2D eigenvalue weighted by Crippen LogP contribution is 2.48. The lowest BCUT2D eigenvalue weighted by Crippen LogP contribution is -2.52. The van der Waals surface area contributed by atoms with E-state index in [0.717, 1.165) is 23.1 Å². The van der Waals surface area contributed by atoms with E-state index in [0.29, 0.717) is 40.7 Å². The molecule has 3 aromatic carbocycles. The predicted octanol–water partition coefficient (Wildman–Crippen LogP) is 7.79. The van der Waals surface area contributed by atoms with Crippen molar-refractivity contribution in [1.82, 2.24) is 0 Å². The van der Waals surface area contributed by atoms with Gasteiger partial charge in [-0.05, 0) is 87.8 Å². The molecule has 1 aromatic heterocycles. The van der Waals surface area contributed by atoms with Crippen molar-refractivity contribution in [3.63, 3.8) is 0 Å². The highest BCUT2D eigenvalue weighted by Gasteiger charge is 2.50. The SMILES string of the molecule is CC(C)=C1CCc2ccc(cc2)C2C=CC(c3ccccc3)CC2CC(=O)OC2c3c(ccc4cc(CCOCO)c(=O)oc34)OC(C)(C)C2OC1=O. The Hall–Kier alpha value is -4.99. The largest absolute Gasteiger partial charge is 0.483 e. The number of allylic oxidation sites excluding steroid dienone is 3. The van der Waals surface area contributed by atoms with Gasteiger partial charge >= 0.3 is 17.6 Å². The van der Waals surface area contributed by atoms with Crippen molar-refractivity contribution in [2.75, 3.05) is 13.4 Å². The summed E-state index contributed by atoms with van der Waals surface area (Å²) in [4.78, 5) is 41.8. The summed E-state index contributed by atoms with van der Waals surface area (Å²) in [6.07, 6.45) is 4.42. The average Bonchev–Trinajstić information content (AvgIpc) is 3.13. The van der Waals surface area contributed by atoms with Gasteiger partial charge in [-0.15, -0.1) is 0 Å². The maximum Gasteiger partial charge on any atom is 0.339 e. The number of hydrogen-bond donors (Lipinski definition) is 1. The third kappa shape index (κ3) is 7.59. The number of benzene rings is 3. The average molecular weight is 719 g/mol. The summed E-state index contributed by atoms with van der Waals surface area (Å²) >= 11 is 0. The van der Waals surface area contributed by atoms with Crippen LogP contribution in [0.5, 0.6) is 5.75 Å². The van der Waals surface area contributed by atoms with Gasteiger partial charge in [-0.3, -0.25) is 4.79 Å². The Morgan fingerprint density at radius 1 is 0.906 bits per heavy atom. The van der Waals surface area contributed by atoms with Crippen molar-refractivity contribution >= 4 is 22.9 Å². The van der Waals surface area contributed by atoms with Crippen LogP contribution in [-0.2, 0) is 36.6 Å². The Morgan fingerprint density at radius 2 is 1.68 bits per heavy atom. The maximum atomic E-state index is 14.4. The van der Waals surface area contributed by atoms with Gasteiger partial charge in [0.15, 0.2) is 12.2 Å². The van der Waals surface area contributed by atoms with Crippen LogP contribution in [0.25, 0.3) is 11.0 Å². The van der Waals surface area contributed by atoms with Crippen LogP contribution < -0.4 is 10.4 Å². The molecule has 276 valence electrons. The Balaban J connectivity index is 1.33. The monoisotopic (exact) mass is 718 g/mol. The summed E-state index contributed by atoms with van der Waals surface area (Å²) in [7, 11) is 0. The van der Waals surface area contributed by atoms with E-state index in [1.807, 2.05) is 32.0 Å². The van der Waals surface area contributed by atoms with Crippen LogP contribution in [-0.4, -0.2) is 42.1 Å². The molecule has 1 N–H and O–H groups in total. The van der Waals surface area contributed by atoms with Gasteiger partial charge < -0.3 is 28.5 Å². The Kier molecular flexibility index (Phi) is 10.4. The molecule has 0 radical (unpaired) electrons. The Bertz CT molecular complexity index is 2100. The zero-order valence-electron chi connectivity index (χ0n) is 30.6. The summed E-state index contributed by atoms with van der Waals surface area (Å²) in [5, 5.41) is 9.63. The molecule has 4 aromatic rings. The van der Waals surface area contributed by atoms with E-state index in [4.69, 9.17) is 28.5 Å². The molecule has 0 spiro atoms. The van der Waals surface area contributed by atoms with E-state index in [2.05, 4.69) is 48.6 Å². The van der Waals surface area contributed by atoms with Gasteiger partial charge in [-0.2, -0.15) is 0 Å². The second-order valence-corrected chi connectivity index (χ2v) is 15.0. The van der Waals surface area contributed by atoms with Crippen LogP contribution in [0.3, 0.4) is 0 Å². The number of rotatable bonds is 5. The molecule has 53 heavy (non-hydrogen) atoms. The van der Waals surface area contributed by atoms with Gasteiger partial charge in [-0.1, -0.05) is 72.3 Å².